The molecule has 3 nitrogen and oxygen atoms in total. The van der Waals surface area contributed by atoms with E-state index in [0.717, 1.165) is 16.6 Å². The summed E-state index contributed by atoms with van der Waals surface area (Å²) in [7, 11) is 0. The van der Waals surface area contributed by atoms with Crippen LogP contribution in [0.15, 0.2) is 16.8 Å². The maximum absolute atomic E-state index is 11.9. The van der Waals surface area contributed by atoms with Crippen molar-refractivity contribution < 1.29 is 9.53 Å². The van der Waals surface area contributed by atoms with Gasteiger partial charge in [0.15, 0.2) is 0 Å². The van der Waals surface area contributed by atoms with Gasteiger partial charge in [-0.05, 0) is 46.8 Å². The number of hydrogen-bond acceptors (Lipinski definition) is 2. The topological polar surface area (TPSA) is 42.1 Å². The highest BCUT2D eigenvalue weighted by Crippen LogP contribution is 2.49. The molecule has 0 aromatic carbocycles. The van der Waals surface area contributed by atoms with Crippen LogP contribution >= 0.6 is 15.9 Å². The lowest BCUT2D eigenvalue weighted by molar-refractivity contribution is 0.0518. The van der Waals surface area contributed by atoms with Gasteiger partial charge in [0, 0.05) is 11.8 Å². The Balaban J connectivity index is 2.10. The van der Waals surface area contributed by atoms with E-state index in [1.165, 1.54) is 12.0 Å². The second-order valence-corrected chi connectivity index (χ2v) is 5.33. The molecule has 2 unspecified atom stereocenters. The SMILES string of the molecule is CCOC(=O)c1[nH]c(Br)c2c1C1C=CC2CC1. The van der Waals surface area contributed by atoms with Gasteiger partial charge in [-0.25, -0.2) is 4.79 Å². The second kappa shape index (κ2) is 4.02. The van der Waals surface area contributed by atoms with Crippen molar-refractivity contribution in [2.24, 2.45) is 0 Å². The van der Waals surface area contributed by atoms with Crippen LogP contribution in [0, 0.1) is 0 Å². The van der Waals surface area contributed by atoms with Gasteiger partial charge in [-0.3, -0.25) is 0 Å². The van der Waals surface area contributed by atoms with Crippen molar-refractivity contribution in [1.29, 1.82) is 0 Å². The van der Waals surface area contributed by atoms with Crippen molar-refractivity contribution >= 4 is 21.9 Å². The van der Waals surface area contributed by atoms with Gasteiger partial charge in [-0.15, -0.1) is 0 Å². The van der Waals surface area contributed by atoms with Crippen LogP contribution in [0.3, 0.4) is 0 Å². The molecule has 1 aromatic rings. The molecule has 4 heteroatoms. The molecule has 1 N–H and O–H groups in total. The zero-order valence-electron chi connectivity index (χ0n) is 9.63. The predicted octanol–water partition coefficient (Wildman–Crippen LogP) is 3.48. The predicted molar refractivity (Wildman–Crippen MR) is 68.3 cm³/mol. The number of rotatable bonds is 2. The van der Waals surface area contributed by atoms with Crippen LogP contribution in [0.5, 0.6) is 0 Å². The van der Waals surface area contributed by atoms with Gasteiger partial charge >= 0.3 is 5.97 Å². The first kappa shape index (κ1) is 11.1. The average Bonchev–Trinajstić information content (AvgIpc) is 2.72. The van der Waals surface area contributed by atoms with Crippen molar-refractivity contribution in [3.63, 3.8) is 0 Å². The number of hydrogen-bond donors (Lipinski definition) is 1. The third kappa shape index (κ3) is 1.58. The zero-order valence-corrected chi connectivity index (χ0v) is 11.2. The number of halogens is 1. The molecule has 3 aliphatic rings. The zero-order chi connectivity index (χ0) is 12.0. The fourth-order valence-corrected chi connectivity index (χ4v) is 3.62. The van der Waals surface area contributed by atoms with E-state index >= 15 is 0 Å². The number of aromatic amines is 1. The Hall–Kier alpha value is -1.03. The Morgan fingerprint density at radius 1 is 1.41 bits per heavy atom. The smallest absolute Gasteiger partial charge is 0.355 e. The van der Waals surface area contributed by atoms with Gasteiger partial charge in [0.05, 0.1) is 11.2 Å². The molecule has 0 fully saturated rings. The fraction of sp³-hybridized carbons (Fsp3) is 0.462. The minimum atomic E-state index is -0.240. The van der Waals surface area contributed by atoms with Gasteiger partial charge in [-0.2, -0.15) is 0 Å². The van der Waals surface area contributed by atoms with Crippen molar-refractivity contribution in [2.75, 3.05) is 6.61 Å². The van der Waals surface area contributed by atoms with E-state index in [1.54, 1.807) is 0 Å². The molecule has 0 aliphatic heterocycles. The summed E-state index contributed by atoms with van der Waals surface area (Å²) in [4.78, 5) is 15.1. The monoisotopic (exact) mass is 295 g/mol. The van der Waals surface area contributed by atoms with Gasteiger partial charge in [0.1, 0.15) is 5.69 Å². The summed E-state index contributed by atoms with van der Waals surface area (Å²) < 4.78 is 6.04. The highest BCUT2D eigenvalue weighted by atomic mass is 79.9. The number of esters is 1. The molecule has 1 heterocycles. The van der Waals surface area contributed by atoms with Gasteiger partial charge in [-0.1, -0.05) is 12.2 Å². The number of allylic oxidation sites excluding steroid dienone is 2. The normalized spacial score (nSPS) is 24.8. The number of H-pyrrole nitrogens is 1. The molecule has 4 rings (SSSR count). The lowest BCUT2D eigenvalue weighted by Crippen LogP contribution is -2.18. The lowest BCUT2D eigenvalue weighted by atomic mass is 9.72. The van der Waals surface area contributed by atoms with E-state index in [9.17, 15) is 4.79 Å². The summed E-state index contributed by atoms with van der Waals surface area (Å²) in [5.74, 6) is 0.580. The van der Waals surface area contributed by atoms with Gasteiger partial charge < -0.3 is 9.72 Å². The molecular formula is C13H14BrNO2. The van der Waals surface area contributed by atoms with Crippen LogP contribution in [-0.2, 0) is 4.74 Å². The van der Waals surface area contributed by atoms with Crippen molar-refractivity contribution in [2.45, 2.75) is 31.6 Å². The maximum atomic E-state index is 11.9. The van der Waals surface area contributed by atoms with E-state index in [0.29, 0.717) is 24.1 Å². The number of fused-ring (bicyclic) bond motifs is 1. The van der Waals surface area contributed by atoms with Gasteiger partial charge in [0.25, 0.3) is 0 Å². The van der Waals surface area contributed by atoms with Crippen molar-refractivity contribution in [3.05, 3.63) is 33.6 Å². The molecule has 2 bridgehead atoms. The quantitative estimate of drug-likeness (QED) is 0.670. The molecule has 0 saturated carbocycles. The van der Waals surface area contributed by atoms with Crippen LogP contribution in [-0.4, -0.2) is 17.6 Å². The minimum absolute atomic E-state index is 0.240. The summed E-state index contributed by atoms with van der Waals surface area (Å²) >= 11 is 3.53. The average molecular weight is 296 g/mol. The van der Waals surface area contributed by atoms with Crippen molar-refractivity contribution in [1.82, 2.24) is 4.98 Å². The highest BCUT2D eigenvalue weighted by Gasteiger charge is 2.36. The number of ether oxygens (including phenoxy) is 1. The molecule has 3 aliphatic carbocycles. The summed E-state index contributed by atoms with van der Waals surface area (Å²) in [6, 6.07) is 0. The number of aromatic nitrogens is 1. The first-order chi connectivity index (χ1) is 8.22. The van der Waals surface area contributed by atoms with E-state index < -0.39 is 0 Å². The summed E-state index contributed by atoms with van der Waals surface area (Å²) in [6.45, 7) is 2.24. The third-order valence-corrected chi connectivity index (χ3v) is 4.24. The Labute approximate surface area is 108 Å². The van der Waals surface area contributed by atoms with E-state index in [2.05, 4.69) is 33.1 Å². The highest BCUT2D eigenvalue weighted by molar-refractivity contribution is 9.10. The first-order valence-electron chi connectivity index (χ1n) is 5.99. The van der Waals surface area contributed by atoms with E-state index in [-0.39, 0.29) is 5.97 Å². The molecular weight excluding hydrogens is 282 g/mol. The summed E-state index contributed by atoms with van der Waals surface area (Å²) in [5, 5.41) is 0. The van der Waals surface area contributed by atoms with Gasteiger partial charge in [0.2, 0.25) is 0 Å². The molecule has 17 heavy (non-hydrogen) atoms. The first-order valence-corrected chi connectivity index (χ1v) is 6.78. The second-order valence-electron chi connectivity index (χ2n) is 4.54. The standard InChI is InChI=1S/C13H14BrNO2/c1-2-17-13(16)11-9-7-3-5-8(6-4-7)10(9)12(14)15-11/h3,5,7-8,15H,2,4,6H2,1H3. The van der Waals surface area contributed by atoms with Crippen LogP contribution in [0.4, 0.5) is 0 Å². The Morgan fingerprint density at radius 3 is 2.65 bits per heavy atom. The van der Waals surface area contributed by atoms with Crippen LogP contribution in [0.25, 0.3) is 0 Å². The Kier molecular flexibility index (Phi) is 2.62. The molecule has 0 spiro atoms. The lowest BCUT2D eigenvalue weighted by Gasteiger charge is -2.31. The fourth-order valence-electron chi connectivity index (χ4n) is 2.91. The Morgan fingerprint density at radius 2 is 2.06 bits per heavy atom. The number of nitrogens with one attached hydrogen (secondary N) is 1. The van der Waals surface area contributed by atoms with Crippen LogP contribution in [0.2, 0.25) is 0 Å². The number of carbonyl (C=O) groups is 1. The third-order valence-electron chi connectivity index (χ3n) is 3.62. The molecule has 0 radical (unpaired) electrons. The van der Waals surface area contributed by atoms with E-state index in [1.807, 2.05) is 6.92 Å². The molecule has 90 valence electrons. The molecule has 1 aromatic heterocycles. The van der Waals surface area contributed by atoms with Crippen molar-refractivity contribution in [3.8, 4) is 0 Å². The molecule has 2 atom stereocenters. The largest absolute Gasteiger partial charge is 0.461 e. The maximum Gasteiger partial charge on any atom is 0.355 e. The summed E-state index contributed by atoms with van der Waals surface area (Å²) in [5.41, 5.74) is 3.04. The van der Waals surface area contributed by atoms with E-state index in [4.69, 9.17) is 4.74 Å². The summed E-state index contributed by atoms with van der Waals surface area (Å²) in [6.07, 6.45) is 6.78. The van der Waals surface area contributed by atoms with Crippen LogP contribution < -0.4 is 0 Å². The number of carbonyl (C=O) groups excluding carboxylic acids is 1. The molecule has 0 amide bonds. The Bertz CT molecular complexity index is 504. The van der Waals surface area contributed by atoms with Crippen LogP contribution in [0.1, 0.15) is 53.2 Å². The molecule has 0 saturated heterocycles. The minimum Gasteiger partial charge on any atom is -0.461 e.